The maximum Gasteiger partial charge on any atom is 0.307 e. The van der Waals surface area contributed by atoms with Gasteiger partial charge in [-0.1, -0.05) is 84.2 Å². The molecule has 1 aromatic carbocycles. The van der Waals surface area contributed by atoms with Crippen molar-refractivity contribution in [3.05, 3.63) is 35.9 Å². The van der Waals surface area contributed by atoms with Crippen LogP contribution >= 0.6 is 0 Å². The third kappa shape index (κ3) is 15.8. The second-order valence-corrected chi connectivity index (χ2v) is 21.0. The van der Waals surface area contributed by atoms with Crippen LogP contribution in [0.15, 0.2) is 30.3 Å². The fraction of sp³-hybridized carbons (Fsp3) is 0.745. The Morgan fingerprint density at radius 2 is 1.46 bits per heavy atom. The number of carboxylic acid groups (broad SMARTS) is 1. The molecule has 14 nitrogen and oxygen atoms in total. The lowest BCUT2D eigenvalue weighted by atomic mass is 9.83. The number of aliphatic carboxylic acids is 1. The van der Waals surface area contributed by atoms with Gasteiger partial charge in [-0.15, -0.1) is 0 Å². The highest BCUT2D eigenvalue weighted by Gasteiger charge is 2.51. The highest BCUT2D eigenvalue weighted by molar-refractivity contribution is 5.94. The van der Waals surface area contributed by atoms with Crippen LogP contribution in [0.3, 0.4) is 0 Å². The van der Waals surface area contributed by atoms with Crippen LogP contribution < -0.4 is 0 Å². The molecule has 0 spiro atoms. The van der Waals surface area contributed by atoms with E-state index in [2.05, 4.69) is 0 Å². The van der Waals surface area contributed by atoms with E-state index >= 15 is 0 Å². The molecule has 69 heavy (non-hydrogen) atoms. The Morgan fingerprint density at radius 3 is 2.07 bits per heavy atom. The summed E-state index contributed by atoms with van der Waals surface area (Å²) in [5.41, 5.74) is 0.836. The van der Waals surface area contributed by atoms with Crippen molar-refractivity contribution in [1.29, 1.82) is 0 Å². The number of ether oxygens (including phenoxy) is 2. The maximum absolute atomic E-state index is 14.7. The fourth-order valence-electron chi connectivity index (χ4n) is 11.6. The molecule has 2 saturated heterocycles. The van der Waals surface area contributed by atoms with Gasteiger partial charge in [0.2, 0.25) is 17.7 Å². The van der Waals surface area contributed by atoms with Crippen LogP contribution in [0, 0.1) is 35.5 Å². The molecule has 11 atom stereocenters. The molecular formula is C55H85N3O11. The highest BCUT2D eigenvalue weighted by atomic mass is 16.5. The lowest BCUT2D eigenvalue weighted by Crippen LogP contribution is -2.54. The van der Waals surface area contributed by atoms with Crippen molar-refractivity contribution in [2.45, 2.75) is 200 Å². The molecule has 4 rings (SSSR count). The first-order chi connectivity index (χ1) is 32.8. The van der Waals surface area contributed by atoms with E-state index in [1.54, 1.807) is 30.9 Å². The summed E-state index contributed by atoms with van der Waals surface area (Å²) in [6.07, 6.45) is 8.65. The number of methoxy groups -OCH3 is 2. The maximum atomic E-state index is 14.7. The van der Waals surface area contributed by atoms with Crippen LogP contribution in [0.5, 0.6) is 0 Å². The number of piperidine rings is 1. The van der Waals surface area contributed by atoms with Gasteiger partial charge in [0.25, 0.3) is 0 Å². The summed E-state index contributed by atoms with van der Waals surface area (Å²) >= 11 is 0. The molecule has 1 saturated carbocycles. The monoisotopic (exact) mass is 964 g/mol. The van der Waals surface area contributed by atoms with Crippen LogP contribution in [0.2, 0.25) is 0 Å². The molecule has 14 heteroatoms. The van der Waals surface area contributed by atoms with Crippen molar-refractivity contribution in [1.82, 2.24) is 14.7 Å². The number of carbonyl (C=O) groups is 8. The summed E-state index contributed by atoms with van der Waals surface area (Å²) in [5, 5.41) is 10.0. The predicted octanol–water partition coefficient (Wildman–Crippen LogP) is 8.09. The molecule has 3 aliphatic rings. The lowest BCUT2D eigenvalue weighted by Gasteiger charge is -2.41. The number of amides is 3. The molecule has 3 amide bonds. The first kappa shape index (κ1) is 57.3. The summed E-state index contributed by atoms with van der Waals surface area (Å²) in [7, 11) is 4.81. The minimum absolute atomic E-state index is 0.00694. The van der Waals surface area contributed by atoms with Crippen molar-refractivity contribution in [3.63, 3.8) is 0 Å². The van der Waals surface area contributed by atoms with E-state index in [-0.39, 0.29) is 90.3 Å². The van der Waals surface area contributed by atoms with E-state index in [1.165, 1.54) is 14.0 Å². The number of carbonyl (C=O) groups excluding carboxylic acids is 7. The van der Waals surface area contributed by atoms with Crippen LogP contribution in [0.1, 0.15) is 163 Å². The van der Waals surface area contributed by atoms with E-state index in [1.807, 2.05) is 62.9 Å². The van der Waals surface area contributed by atoms with Gasteiger partial charge in [0.15, 0.2) is 5.78 Å². The first-order valence-electron chi connectivity index (χ1n) is 26.1. The van der Waals surface area contributed by atoms with Crippen LogP contribution in [0.25, 0.3) is 0 Å². The zero-order valence-corrected chi connectivity index (χ0v) is 43.3. The van der Waals surface area contributed by atoms with Crippen molar-refractivity contribution in [2.24, 2.45) is 35.5 Å². The van der Waals surface area contributed by atoms with Crippen molar-refractivity contribution in [3.8, 4) is 0 Å². The Balaban J connectivity index is 1.39. The molecule has 1 N–H and O–H groups in total. The minimum atomic E-state index is -1.04. The summed E-state index contributed by atoms with van der Waals surface area (Å²) in [6, 6.07) is 7.80. The van der Waals surface area contributed by atoms with Crippen molar-refractivity contribution >= 4 is 46.8 Å². The molecular weight excluding hydrogens is 879 g/mol. The van der Waals surface area contributed by atoms with E-state index < -0.39 is 54.1 Å². The van der Waals surface area contributed by atoms with E-state index in [0.29, 0.717) is 64.3 Å². The zero-order valence-electron chi connectivity index (χ0n) is 43.3. The van der Waals surface area contributed by atoms with Crippen molar-refractivity contribution < 1.29 is 52.9 Å². The molecule has 386 valence electrons. The van der Waals surface area contributed by atoms with Gasteiger partial charge in [-0.25, -0.2) is 0 Å². The number of ketones is 4. The van der Waals surface area contributed by atoms with Gasteiger partial charge in [-0.05, 0) is 88.0 Å². The number of likely N-dealkylation sites (N-methyl/N-ethyl adjacent to an activating group) is 1. The SMILES string of the molecule is CC[C@H](C)C([C@@H](CC(=O)N1CCC[C@H]1[C@H](OC)[C@@H](C)C(=O)C[C@@H](Cc1ccccc1)C(=O)O)OC)N(C)C(=O)[C@@H](CC(=O)[C@@H]1[C@H]2CC[C@H](C2)N1C(=O)CCCCCCC(=O)CCCC(C)=O)C(C)C. The third-order valence-electron chi connectivity index (χ3n) is 15.8. The van der Waals surface area contributed by atoms with Crippen LogP contribution in [0.4, 0.5) is 0 Å². The summed E-state index contributed by atoms with van der Waals surface area (Å²) in [5.74, 6) is -3.88. The molecule has 2 heterocycles. The first-order valence-corrected chi connectivity index (χ1v) is 26.1. The number of Topliss-reactive ketones (excluding diaryl/α,β-unsaturated/α-hetero) is 4. The number of hydrogen-bond donors (Lipinski definition) is 1. The number of hydrogen-bond acceptors (Lipinski definition) is 10. The number of fused-ring (bicyclic) bond motifs is 2. The number of benzene rings is 1. The molecule has 1 unspecified atom stereocenters. The van der Waals surface area contributed by atoms with Gasteiger partial charge in [0.05, 0.1) is 42.7 Å². The van der Waals surface area contributed by atoms with E-state index in [0.717, 1.165) is 44.1 Å². The topological polar surface area (TPSA) is 185 Å². The highest BCUT2D eigenvalue weighted by Crippen LogP contribution is 2.44. The van der Waals surface area contributed by atoms with Gasteiger partial charge >= 0.3 is 5.97 Å². The fourth-order valence-corrected chi connectivity index (χ4v) is 11.6. The average Bonchev–Trinajstić information content (AvgIpc) is 4.09. The quantitative estimate of drug-likeness (QED) is 0.0689. The van der Waals surface area contributed by atoms with E-state index in [9.17, 15) is 43.5 Å². The Kier molecular flexibility index (Phi) is 23.2. The molecule has 1 aliphatic carbocycles. The molecule has 3 fully saturated rings. The van der Waals surface area contributed by atoms with Gasteiger partial charge in [-0.2, -0.15) is 0 Å². The number of nitrogens with zero attached hydrogens (tertiary/aromatic N) is 3. The Hall–Kier alpha value is -4.30. The lowest BCUT2D eigenvalue weighted by molar-refractivity contribution is -0.150. The zero-order chi connectivity index (χ0) is 50.9. The second kappa shape index (κ2) is 27.9. The predicted molar refractivity (Wildman–Crippen MR) is 264 cm³/mol. The van der Waals surface area contributed by atoms with Gasteiger partial charge in [0, 0.05) is 84.2 Å². The molecule has 2 aliphatic heterocycles. The van der Waals surface area contributed by atoms with Crippen LogP contribution in [-0.2, 0) is 54.3 Å². The summed E-state index contributed by atoms with van der Waals surface area (Å²) in [6.45, 7) is 11.7. The van der Waals surface area contributed by atoms with Crippen LogP contribution in [-0.4, -0.2) is 131 Å². The minimum Gasteiger partial charge on any atom is -0.481 e. The Bertz CT molecular complexity index is 1890. The second-order valence-electron chi connectivity index (χ2n) is 21.0. The van der Waals surface area contributed by atoms with Gasteiger partial charge < -0.3 is 34.1 Å². The average molecular weight is 964 g/mol. The number of carboxylic acids is 1. The summed E-state index contributed by atoms with van der Waals surface area (Å²) < 4.78 is 12.1. The molecule has 0 radical (unpaired) electrons. The van der Waals surface area contributed by atoms with Gasteiger partial charge in [-0.3, -0.25) is 33.6 Å². The Labute approximate surface area is 412 Å². The molecule has 1 aromatic rings. The summed E-state index contributed by atoms with van der Waals surface area (Å²) in [4.78, 5) is 112. The molecule has 2 bridgehead atoms. The third-order valence-corrected chi connectivity index (χ3v) is 15.8. The van der Waals surface area contributed by atoms with Gasteiger partial charge in [0.1, 0.15) is 17.3 Å². The van der Waals surface area contributed by atoms with E-state index in [4.69, 9.17) is 9.47 Å². The standard InChI is InChI=1S/C55H85N3O11/c1-10-36(4)51(48(68-8)34-50(64)57-29-19-25-45(57)53(69-9)38(6)46(61)32-41(55(66)67)30-39-21-14-13-15-22-39)56(7)54(65)44(35(2)3)33-47(62)52-40-27-28-42(31-40)58(52)49(63)26-17-12-11-16-23-43(60)24-18-20-37(5)59/h13-15,21-22,35-36,38,40-42,44-45,48,51-53H,10-12,16-20,23-34H2,1-9H3,(H,66,67)/t36-,38-,40-,41+,42+,44-,45-,48+,51?,52-,53+/m0/s1. The van der Waals surface area contributed by atoms with Crippen molar-refractivity contribution in [2.75, 3.05) is 27.8 Å². The number of unbranched alkanes of at least 4 members (excludes halogenated alkanes) is 3. The number of rotatable bonds is 32. The normalized spacial score (nSPS) is 21.9. The smallest absolute Gasteiger partial charge is 0.307 e. The Morgan fingerprint density at radius 1 is 0.797 bits per heavy atom. The largest absolute Gasteiger partial charge is 0.481 e. The molecule has 0 aromatic heterocycles. The number of likely N-dealkylation sites (tertiary alicyclic amines) is 2.